The molecule has 172 valence electrons. The maximum Gasteiger partial charge on any atom is 0.296 e. The van der Waals surface area contributed by atoms with Crippen molar-refractivity contribution in [1.29, 1.82) is 0 Å². The standard InChI is InChI=1S/C27H24N2O3S2/c1-14(2)17-7-9-18(10-8-17)23-21(24(30)19-6-5-11-33-19)25(31)26(32)29(23)27-28-22-16(4)12-15(3)13-20(22)34-27/h5-14,23,31H,1-4H3. The van der Waals surface area contributed by atoms with Crippen LogP contribution < -0.4 is 4.90 Å². The van der Waals surface area contributed by atoms with Crippen LogP contribution in [-0.2, 0) is 4.79 Å². The summed E-state index contributed by atoms with van der Waals surface area (Å²) in [6.07, 6.45) is 0. The highest BCUT2D eigenvalue weighted by Gasteiger charge is 2.46. The Morgan fingerprint density at radius 2 is 1.85 bits per heavy atom. The van der Waals surface area contributed by atoms with Gasteiger partial charge in [-0.05, 0) is 59.5 Å². The van der Waals surface area contributed by atoms with E-state index in [1.807, 2.05) is 49.6 Å². The lowest BCUT2D eigenvalue weighted by molar-refractivity contribution is -0.117. The Hall–Kier alpha value is -3.29. The van der Waals surface area contributed by atoms with Gasteiger partial charge in [0.15, 0.2) is 10.9 Å². The van der Waals surface area contributed by atoms with Crippen molar-refractivity contribution in [2.24, 2.45) is 0 Å². The molecule has 34 heavy (non-hydrogen) atoms. The number of rotatable bonds is 5. The fraction of sp³-hybridized carbons (Fsp3) is 0.222. The Kier molecular flexibility index (Phi) is 5.62. The molecule has 2 aromatic heterocycles. The molecule has 1 aliphatic rings. The van der Waals surface area contributed by atoms with Gasteiger partial charge in [0, 0.05) is 0 Å². The van der Waals surface area contributed by atoms with Crippen molar-refractivity contribution >= 4 is 49.7 Å². The highest BCUT2D eigenvalue weighted by molar-refractivity contribution is 7.22. The van der Waals surface area contributed by atoms with Gasteiger partial charge in [-0.1, -0.05) is 61.6 Å². The molecule has 0 aliphatic carbocycles. The van der Waals surface area contributed by atoms with Gasteiger partial charge in [0.05, 0.1) is 26.7 Å². The number of thiophene rings is 1. The maximum atomic E-state index is 13.5. The molecule has 1 atom stereocenters. The summed E-state index contributed by atoms with van der Waals surface area (Å²) >= 11 is 2.69. The molecule has 1 aliphatic heterocycles. The first-order valence-electron chi connectivity index (χ1n) is 11.1. The fourth-order valence-electron chi connectivity index (χ4n) is 4.42. The van der Waals surface area contributed by atoms with Gasteiger partial charge in [0.1, 0.15) is 0 Å². The molecule has 1 amide bonds. The van der Waals surface area contributed by atoms with Crippen molar-refractivity contribution < 1.29 is 14.7 Å². The van der Waals surface area contributed by atoms with Crippen LogP contribution in [0, 0.1) is 13.8 Å². The minimum Gasteiger partial charge on any atom is -0.503 e. The van der Waals surface area contributed by atoms with Crippen LogP contribution in [-0.4, -0.2) is 21.8 Å². The van der Waals surface area contributed by atoms with Crippen LogP contribution in [0.25, 0.3) is 10.2 Å². The third-order valence-electron chi connectivity index (χ3n) is 6.14. The predicted octanol–water partition coefficient (Wildman–Crippen LogP) is 6.88. The highest BCUT2D eigenvalue weighted by atomic mass is 32.1. The van der Waals surface area contributed by atoms with E-state index in [4.69, 9.17) is 4.98 Å². The number of amides is 1. The molecule has 5 nitrogen and oxygen atoms in total. The molecule has 1 unspecified atom stereocenters. The number of aryl methyl sites for hydroxylation is 2. The SMILES string of the molecule is Cc1cc(C)c2nc(N3C(=O)C(O)=C(C(=O)c4cccs4)C3c3ccc(C(C)C)cc3)sc2c1. The number of ketones is 1. The van der Waals surface area contributed by atoms with Gasteiger partial charge >= 0.3 is 0 Å². The summed E-state index contributed by atoms with van der Waals surface area (Å²) in [5.74, 6) is -1.11. The lowest BCUT2D eigenvalue weighted by Crippen LogP contribution is -2.30. The number of aliphatic hydroxyl groups excluding tert-OH is 1. The van der Waals surface area contributed by atoms with E-state index >= 15 is 0 Å². The van der Waals surface area contributed by atoms with Crippen LogP contribution in [0.5, 0.6) is 0 Å². The van der Waals surface area contributed by atoms with Crippen molar-refractivity contribution in [3.8, 4) is 0 Å². The zero-order valence-corrected chi connectivity index (χ0v) is 21.0. The van der Waals surface area contributed by atoms with E-state index in [1.165, 1.54) is 27.6 Å². The van der Waals surface area contributed by atoms with Crippen LogP contribution in [0.15, 0.2) is 65.2 Å². The summed E-state index contributed by atoms with van der Waals surface area (Å²) in [6.45, 7) is 8.25. The first-order valence-corrected chi connectivity index (χ1v) is 12.8. The van der Waals surface area contributed by atoms with Crippen molar-refractivity contribution in [2.45, 2.75) is 39.7 Å². The van der Waals surface area contributed by atoms with Gasteiger partial charge < -0.3 is 5.11 Å². The topological polar surface area (TPSA) is 70.5 Å². The minimum atomic E-state index is -0.759. The van der Waals surface area contributed by atoms with Crippen molar-refractivity contribution in [1.82, 2.24) is 4.98 Å². The van der Waals surface area contributed by atoms with E-state index < -0.39 is 17.7 Å². The number of aromatic nitrogens is 1. The molecule has 0 radical (unpaired) electrons. The lowest BCUT2D eigenvalue weighted by Gasteiger charge is -2.24. The number of thiazole rings is 1. The second-order valence-electron chi connectivity index (χ2n) is 8.89. The number of carbonyl (C=O) groups is 2. The zero-order chi connectivity index (χ0) is 24.1. The molecule has 7 heteroatoms. The monoisotopic (exact) mass is 488 g/mol. The minimum absolute atomic E-state index is 0.0944. The molecule has 1 N–H and O–H groups in total. The van der Waals surface area contributed by atoms with E-state index in [-0.39, 0.29) is 11.4 Å². The number of aliphatic hydroxyl groups is 1. The van der Waals surface area contributed by atoms with E-state index in [0.717, 1.165) is 32.5 Å². The molecule has 0 saturated heterocycles. The first-order chi connectivity index (χ1) is 16.3. The quantitative estimate of drug-likeness (QED) is 0.311. The Balaban J connectivity index is 1.68. The summed E-state index contributed by atoms with van der Waals surface area (Å²) < 4.78 is 0.965. The largest absolute Gasteiger partial charge is 0.503 e. The molecule has 5 rings (SSSR count). The third kappa shape index (κ3) is 3.65. The number of carbonyl (C=O) groups excluding carboxylic acids is 2. The van der Waals surface area contributed by atoms with Crippen LogP contribution in [0.2, 0.25) is 0 Å². The average molecular weight is 489 g/mol. The number of nitrogens with zero attached hydrogens (tertiary/aromatic N) is 2. The number of Topliss-reactive ketones (excluding diaryl/α,β-unsaturated/α-hetero) is 1. The van der Waals surface area contributed by atoms with E-state index in [2.05, 4.69) is 19.9 Å². The molecule has 0 spiro atoms. The summed E-state index contributed by atoms with van der Waals surface area (Å²) in [4.78, 5) is 33.6. The summed E-state index contributed by atoms with van der Waals surface area (Å²) in [5.41, 5.74) is 4.97. The van der Waals surface area contributed by atoms with Crippen molar-refractivity contribution in [3.63, 3.8) is 0 Å². The first kappa shape index (κ1) is 22.5. The third-order valence-corrected chi connectivity index (χ3v) is 8.01. The van der Waals surface area contributed by atoms with Gasteiger partial charge in [0.25, 0.3) is 5.91 Å². The summed E-state index contributed by atoms with van der Waals surface area (Å²) in [6, 6.07) is 14.7. The number of hydrogen-bond acceptors (Lipinski definition) is 6. The second kappa shape index (κ2) is 8.49. The van der Waals surface area contributed by atoms with Crippen molar-refractivity contribution in [2.75, 3.05) is 4.90 Å². The molecule has 3 heterocycles. The zero-order valence-electron chi connectivity index (χ0n) is 19.3. The average Bonchev–Trinajstić information content (AvgIpc) is 3.53. The normalized spacial score (nSPS) is 16.3. The molecule has 2 aromatic carbocycles. The van der Waals surface area contributed by atoms with Gasteiger partial charge in [-0.2, -0.15) is 0 Å². The molecule has 0 saturated carbocycles. The smallest absolute Gasteiger partial charge is 0.296 e. The molecule has 4 aromatic rings. The van der Waals surface area contributed by atoms with E-state index in [0.29, 0.717) is 15.9 Å². The number of fused-ring (bicyclic) bond motifs is 1. The van der Waals surface area contributed by atoms with Crippen LogP contribution in [0.4, 0.5) is 5.13 Å². The highest BCUT2D eigenvalue weighted by Crippen LogP contribution is 2.45. The number of anilines is 1. The maximum absolute atomic E-state index is 13.5. The fourth-order valence-corrected chi connectivity index (χ4v) is 6.26. The Morgan fingerprint density at radius 3 is 2.50 bits per heavy atom. The molecule has 0 fully saturated rings. The van der Waals surface area contributed by atoms with Gasteiger partial charge in [-0.15, -0.1) is 11.3 Å². The number of benzene rings is 2. The summed E-state index contributed by atoms with van der Waals surface area (Å²) in [5, 5.41) is 13.2. The van der Waals surface area contributed by atoms with Gasteiger partial charge in [-0.3, -0.25) is 14.5 Å². The second-order valence-corrected chi connectivity index (χ2v) is 10.8. The van der Waals surface area contributed by atoms with Gasteiger partial charge in [0.2, 0.25) is 5.78 Å². The van der Waals surface area contributed by atoms with Crippen LogP contribution in [0.3, 0.4) is 0 Å². The Bertz CT molecular complexity index is 1450. The summed E-state index contributed by atoms with van der Waals surface area (Å²) in [7, 11) is 0. The molecular weight excluding hydrogens is 464 g/mol. The van der Waals surface area contributed by atoms with Crippen molar-refractivity contribution in [3.05, 3.63) is 92.4 Å². The predicted molar refractivity (Wildman–Crippen MR) is 138 cm³/mol. The van der Waals surface area contributed by atoms with Crippen LogP contribution in [0.1, 0.15) is 57.7 Å². The van der Waals surface area contributed by atoms with Gasteiger partial charge in [-0.25, -0.2) is 4.98 Å². The lowest BCUT2D eigenvalue weighted by atomic mass is 9.93. The molecule has 0 bridgehead atoms. The van der Waals surface area contributed by atoms with E-state index in [9.17, 15) is 14.7 Å². The van der Waals surface area contributed by atoms with E-state index in [1.54, 1.807) is 12.1 Å². The number of hydrogen-bond donors (Lipinski definition) is 1. The Morgan fingerprint density at radius 1 is 1.12 bits per heavy atom. The van der Waals surface area contributed by atoms with Crippen LogP contribution >= 0.6 is 22.7 Å². The molecular formula is C27H24N2O3S2. The Labute approximate surface area is 206 Å².